The molecule has 0 radical (unpaired) electrons. The fraction of sp³-hybridized carbons (Fsp3) is 0.471. The van der Waals surface area contributed by atoms with Crippen LogP contribution < -0.4 is 5.73 Å². The predicted octanol–water partition coefficient (Wildman–Crippen LogP) is 2.06. The number of aliphatic carboxylic acids is 1. The van der Waals surface area contributed by atoms with Crippen molar-refractivity contribution >= 4 is 16.9 Å². The van der Waals surface area contributed by atoms with Crippen LogP contribution in [0.5, 0.6) is 0 Å². The van der Waals surface area contributed by atoms with Crippen LogP contribution in [0.3, 0.4) is 0 Å². The first-order valence-corrected chi connectivity index (χ1v) is 7.96. The Balaban J connectivity index is 1.86. The zero-order chi connectivity index (χ0) is 15.3. The van der Waals surface area contributed by atoms with Crippen molar-refractivity contribution in [2.75, 3.05) is 19.6 Å². The molecule has 3 saturated heterocycles. The SMILES string of the molecule is NC(C(=O)O)c1c(C2CN3CCC2CC3)[nH]c2ccccc12. The minimum Gasteiger partial charge on any atom is -0.480 e. The largest absolute Gasteiger partial charge is 0.480 e. The van der Waals surface area contributed by atoms with Gasteiger partial charge in [0.05, 0.1) is 0 Å². The molecule has 3 aliphatic heterocycles. The third-order valence-corrected chi connectivity index (χ3v) is 5.38. The molecule has 0 amide bonds. The summed E-state index contributed by atoms with van der Waals surface area (Å²) < 4.78 is 0. The van der Waals surface area contributed by atoms with Gasteiger partial charge in [-0.1, -0.05) is 18.2 Å². The molecule has 116 valence electrons. The molecule has 1 aromatic carbocycles. The van der Waals surface area contributed by atoms with Crippen LogP contribution in [0.1, 0.15) is 36.1 Å². The number of H-pyrrole nitrogens is 1. The molecule has 5 rings (SSSR count). The molecule has 5 nitrogen and oxygen atoms in total. The Hall–Kier alpha value is -1.85. The van der Waals surface area contributed by atoms with Crippen LogP contribution in [-0.2, 0) is 4.79 Å². The maximum Gasteiger partial charge on any atom is 0.325 e. The molecule has 3 aliphatic rings. The van der Waals surface area contributed by atoms with E-state index in [4.69, 9.17) is 5.73 Å². The van der Waals surface area contributed by atoms with Crippen molar-refractivity contribution in [1.29, 1.82) is 0 Å². The summed E-state index contributed by atoms with van der Waals surface area (Å²) in [6.45, 7) is 3.35. The highest BCUT2D eigenvalue weighted by Crippen LogP contribution is 2.42. The van der Waals surface area contributed by atoms with Gasteiger partial charge in [-0.15, -0.1) is 0 Å². The van der Waals surface area contributed by atoms with Crippen LogP contribution in [0, 0.1) is 5.92 Å². The van der Waals surface area contributed by atoms with Crippen molar-refractivity contribution in [1.82, 2.24) is 9.88 Å². The lowest BCUT2D eigenvalue weighted by molar-refractivity contribution is -0.138. The molecule has 22 heavy (non-hydrogen) atoms. The molecule has 2 atom stereocenters. The number of nitrogens with zero attached hydrogens (tertiary/aromatic N) is 1. The maximum atomic E-state index is 11.5. The van der Waals surface area contributed by atoms with E-state index in [0.29, 0.717) is 11.8 Å². The van der Waals surface area contributed by atoms with Crippen LogP contribution in [0.25, 0.3) is 10.9 Å². The number of carbonyl (C=O) groups is 1. The number of aromatic nitrogens is 1. The van der Waals surface area contributed by atoms with E-state index in [1.54, 1.807) is 0 Å². The smallest absolute Gasteiger partial charge is 0.325 e. The number of rotatable bonds is 3. The molecule has 2 bridgehead atoms. The average molecular weight is 299 g/mol. The van der Waals surface area contributed by atoms with Gasteiger partial charge in [0, 0.05) is 34.6 Å². The van der Waals surface area contributed by atoms with Gasteiger partial charge in [-0.05, 0) is 37.9 Å². The first-order chi connectivity index (χ1) is 10.6. The van der Waals surface area contributed by atoms with Gasteiger partial charge in [0.25, 0.3) is 0 Å². The highest BCUT2D eigenvalue weighted by atomic mass is 16.4. The third kappa shape index (κ3) is 2.04. The number of piperidine rings is 3. The monoisotopic (exact) mass is 299 g/mol. The van der Waals surface area contributed by atoms with Gasteiger partial charge in [-0.25, -0.2) is 0 Å². The Morgan fingerprint density at radius 2 is 2.05 bits per heavy atom. The topological polar surface area (TPSA) is 82.3 Å². The van der Waals surface area contributed by atoms with E-state index in [-0.39, 0.29) is 0 Å². The Kier molecular flexibility index (Phi) is 3.20. The van der Waals surface area contributed by atoms with Crippen molar-refractivity contribution < 1.29 is 9.90 Å². The van der Waals surface area contributed by atoms with E-state index in [2.05, 4.69) is 9.88 Å². The summed E-state index contributed by atoms with van der Waals surface area (Å²) in [6, 6.07) is 6.90. The zero-order valence-electron chi connectivity index (χ0n) is 12.5. The lowest BCUT2D eigenvalue weighted by Crippen LogP contribution is -2.46. The molecule has 3 fully saturated rings. The molecule has 2 unspecified atom stereocenters. The van der Waals surface area contributed by atoms with E-state index in [1.807, 2.05) is 24.3 Å². The van der Waals surface area contributed by atoms with Crippen LogP contribution in [0.4, 0.5) is 0 Å². The summed E-state index contributed by atoms with van der Waals surface area (Å²) in [5.41, 5.74) is 8.83. The van der Waals surface area contributed by atoms with Crippen LogP contribution in [0.15, 0.2) is 24.3 Å². The first kappa shape index (κ1) is 13.8. The van der Waals surface area contributed by atoms with Crippen LogP contribution in [-0.4, -0.2) is 40.6 Å². The van der Waals surface area contributed by atoms with E-state index < -0.39 is 12.0 Å². The molecule has 5 heteroatoms. The van der Waals surface area contributed by atoms with E-state index in [9.17, 15) is 9.90 Å². The quantitative estimate of drug-likeness (QED) is 0.810. The second-order valence-electron chi connectivity index (χ2n) is 6.56. The van der Waals surface area contributed by atoms with Gasteiger partial charge >= 0.3 is 5.97 Å². The fourth-order valence-electron chi connectivity index (χ4n) is 4.23. The Bertz CT molecular complexity index is 716. The zero-order valence-corrected chi connectivity index (χ0v) is 12.5. The molecular weight excluding hydrogens is 278 g/mol. The highest BCUT2D eigenvalue weighted by molar-refractivity contribution is 5.90. The highest BCUT2D eigenvalue weighted by Gasteiger charge is 2.38. The second kappa shape index (κ2) is 5.11. The van der Waals surface area contributed by atoms with Crippen molar-refractivity contribution in [2.24, 2.45) is 11.7 Å². The summed E-state index contributed by atoms with van der Waals surface area (Å²) >= 11 is 0. The van der Waals surface area contributed by atoms with Gasteiger partial charge < -0.3 is 20.7 Å². The van der Waals surface area contributed by atoms with Gasteiger partial charge in [0.15, 0.2) is 0 Å². The van der Waals surface area contributed by atoms with Crippen LogP contribution >= 0.6 is 0 Å². The molecule has 4 N–H and O–H groups in total. The molecule has 2 aromatic rings. The molecule has 0 aliphatic carbocycles. The number of para-hydroxylation sites is 1. The van der Waals surface area contributed by atoms with E-state index in [1.165, 1.54) is 25.9 Å². The predicted molar refractivity (Wildman–Crippen MR) is 84.8 cm³/mol. The summed E-state index contributed by atoms with van der Waals surface area (Å²) in [4.78, 5) is 17.4. The molecule has 0 saturated carbocycles. The van der Waals surface area contributed by atoms with Crippen LogP contribution in [0.2, 0.25) is 0 Å². The number of aromatic amines is 1. The van der Waals surface area contributed by atoms with Crippen molar-refractivity contribution in [3.8, 4) is 0 Å². The lowest BCUT2D eigenvalue weighted by atomic mass is 9.76. The molecular formula is C17H21N3O2. The fourth-order valence-corrected chi connectivity index (χ4v) is 4.23. The molecule has 1 aromatic heterocycles. The van der Waals surface area contributed by atoms with Gasteiger partial charge in [-0.2, -0.15) is 0 Å². The number of benzene rings is 1. The number of nitrogens with one attached hydrogen (secondary N) is 1. The molecule has 4 heterocycles. The Morgan fingerprint density at radius 3 is 2.68 bits per heavy atom. The van der Waals surface area contributed by atoms with Gasteiger partial charge in [-0.3, -0.25) is 4.79 Å². The van der Waals surface area contributed by atoms with Crippen molar-refractivity contribution in [3.05, 3.63) is 35.5 Å². The van der Waals surface area contributed by atoms with Crippen molar-refractivity contribution in [3.63, 3.8) is 0 Å². The second-order valence-corrected chi connectivity index (χ2v) is 6.56. The number of carboxylic acid groups (broad SMARTS) is 1. The number of nitrogens with two attached hydrogens (primary N) is 1. The number of hydrogen-bond acceptors (Lipinski definition) is 3. The number of hydrogen-bond donors (Lipinski definition) is 3. The van der Waals surface area contributed by atoms with Gasteiger partial charge in [0.1, 0.15) is 6.04 Å². The summed E-state index contributed by atoms with van der Waals surface area (Å²) in [7, 11) is 0. The minimum absolute atomic E-state index is 0.371. The average Bonchev–Trinajstić information content (AvgIpc) is 2.94. The van der Waals surface area contributed by atoms with Crippen molar-refractivity contribution in [2.45, 2.75) is 24.8 Å². The Labute approximate surface area is 129 Å². The molecule has 0 spiro atoms. The maximum absolute atomic E-state index is 11.5. The number of carboxylic acids is 1. The Morgan fingerprint density at radius 1 is 1.32 bits per heavy atom. The summed E-state index contributed by atoms with van der Waals surface area (Å²) in [5.74, 6) is 0.0420. The summed E-state index contributed by atoms with van der Waals surface area (Å²) in [6.07, 6.45) is 2.39. The third-order valence-electron chi connectivity index (χ3n) is 5.38. The van der Waals surface area contributed by atoms with Gasteiger partial charge in [0.2, 0.25) is 0 Å². The van der Waals surface area contributed by atoms with E-state index in [0.717, 1.165) is 28.7 Å². The summed E-state index contributed by atoms with van der Waals surface area (Å²) in [5, 5.41) is 10.4. The van der Waals surface area contributed by atoms with E-state index >= 15 is 0 Å². The lowest BCUT2D eigenvalue weighted by Gasteiger charge is -2.45. The number of fused-ring (bicyclic) bond motifs is 4. The normalized spacial score (nSPS) is 28.9. The first-order valence-electron chi connectivity index (χ1n) is 7.96. The standard InChI is InChI=1S/C17H21N3O2/c18-15(17(21)22)14-11-3-1-2-4-13(11)19-16(14)12-9-20-7-5-10(12)6-8-20/h1-4,10,12,15,19H,5-9,18H2,(H,21,22). The minimum atomic E-state index is -0.971.